The molecule has 0 saturated carbocycles. The highest BCUT2D eigenvalue weighted by molar-refractivity contribution is 5.86. The van der Waals surface area contributed by atoms with Crippen LogP contribution in [0.25, 0.3) is 0 Å². The van der Waals surface area contributed by atoms with Crippen LogP contribution in [0.5, 0.6) is 0 Å². The molecule has 0 aliphatic heterocycles. The van der Waals surface area contributed by atoms with Crippen LogP contribution in [-0.2, 0) is 4.74 Å². The highest BCUT2D eigenvalue weighted by Gasteiger charge is 2.19. The first-order valence-corrected chi connectivity index (χ1v) is 6.32. The van der Waals surface area contributed by atoms with E-state index >= 15 is 0 Å². The summed E-state index contributed by atoms with van der Waals surface area (Å²) in [5.41, 5.74) is 0.860. The summed E-state index contributed by atoms with van der Waals surface area (Å²) >= 11 is 0. The summed E-state index contributed by atoms with van der Waals surface area (Å²) in [6, 6.07) is 9.19. The maximum Gasteiger partial charge on any atom is 0.373 e. The third kappa shape index (κ3) is 3.05. The van der Waals surface area contributed by atoms with Crippen LogP contribution in [-0.4, -0.2) is 19.6 Å². The Morgan fingerprint density at radius 1 is 1.30 bits per heavy atom. The zero-order valence-corrected chi connectivity index (χ0v) is 11.4. The van der Waals surface area contributed by atoms with Crippen molar-refractivity contribution >= 4 is 5.97 Å². The van der Waals surface area contributed by atoms with Crippen LogP contribution in [0.3, 0.4) is 0 Å². The lowest BCUT2D eigenvalue weighted by Crippen LogP contribution is -2.21. The molecular formula is C15H16FNO3. The molecule has 0 aliphatic rings. The molecule has 0 fully saturated rings. The van der Waals surface area contributed by atoms with Crippen molar-refractivity contribution in [1.82, 2.24) is 5.32 Å². The first-order chi connectivity index (χ1) is 9.65. The number of benzene rings is 1. The van der Waals surface area contributed by atoms with E-state index in [1.807, 2.05) is 6.92 Å². The Balaban J connectivity index is 2.30. The number of ether oxygens (including phenoxy) is 1. The van der Waals surface area contributed by atoms with Gasteiger partial charge in [0.05, 0.1) is 13.2 Å². The minimum Gasteiger partial charge on any atom is -0.463 e. The molecule has 0 radical (unpaired) electrons. The lowest BCUT2D eigenvalue weighted by molar-refractivity contribution is 0.0562. The Labute approximate surface area is 116 Å². The minimum absolute atomic E-state index is 0.146. The fraction of sp³-hybridized carbons (Fsp3) is 0.267. The molecule has 1 aromatic heterocycles. The Hall–Kier alpha value is -2.14. The van der Waals surface area contributed by atoms with Crippen molar-refractivity contribution < 1.29 is 18.3 Å². The molecule has 0 saturated heterocycles. The van der Waals surface area contributed by atoms with Crippen molar-refractivity contribution in [1.29, 1.82) is 0 Å². The van der Waals surface area contributed by atoms with Gasteiger partial charge in [-0.15, -0.1) is 0 Å². The maximum atomic E-state index is 13.0. The van der Waals surface area contributed by atoms with Gasteiger partial charge in [0.2, 0.25) is 5.76 Å². The number of hydrogen-bond acceptors (Lipinski definition) is 4. The van der Waals surface area contributed by atoms with Crippen molar-refractivity contribution in [3.63, 3.8) is 0 Å². The van der Waals surface area contributed by atoms with E-state index in [2.05, 4.69) is 10.1 Å². The molecule has 1 unspecified atom stereocenters. The molecule has 0 spiro atoms. The monoisotopic (exact) mass is 277 g/mol. The third-order valence-corrected chi connectivity index (χ3v) is 2.91. The standard InChI is InChI=1S/C15H16FNO3/c1-3-17-14(10-4-6-11(16)7-5-10)12-8-9-13(20-12)15(18)19-2/h4-9,14,17H,3H2,1-2H3. The number of carbonyl (C=O) groups is 1. The molecule has 4 nitrogen and oxygen atoms in total. The van der Waals surface area contributed by atoms with Gasteiger partial charge in [0.15, 0.2) is 0 Å². The zero-order valence-electron chi connectivity index (χ0n) is 11.4. The van der Waals surface area contributed by atoms with Crippen LogP contribution >= 0.6 is 0 Å². The number of hydrogen-bond donors (Lipinski definition) is 1. The van der Waals surface area contributed by atoms with E-state index in [1.165, 1.54) is 19.2 Å². The lowest BCUT2D eigenvalue weighted by atomic mass is 10.0. The molecule has 1 N–H and O–H groups in total. The molecule has 2 aromatic rings. The van der Waals surface area contributed by atoms with E-state index in [-0.39, 0.29) is 17.6 Å². The molecule has 0 amide bonds. The number of methoxy groups -OCH3 is 1. The van der Waals surface area contributed by atoms with E-state index in [0.717, 1.165) is 5.56 Å². The number of rotatable bonds is 5. The predicted molar refractivity (Wildman–Crippen MR) is 72.0 cm³/mol. The number of carbonyl (C=O) groups excluding carboxylic acids is 1. The molecule has 106 valence electrons. The molecule has 5 heteroatoms. The van der Waals surface area contributed by atoms with Crippen molar-refractivity contribution in [3.8, 4) is 0 Å². The summed E-state index contributed by atoms with van der Waals surface area (Å²) in [5, 5.41) is 3.24. The molecule has 1 atom stereocenters. The van der Waals surface area contributed by atoms with Gasteiger partial charge in [-0.25, -0.2) is 9.18 Å². The lowest BCUT2D eigenvalue weighted by Gasteiger charge is -2.15. The van der Waals surface area contributed by atoms with Gasteiger partial charge in [0.1, 0.15) is 11.6 Å². The normalized spacial score (nSPS) is 12.2. The summed E-state index contributed by atoms with van der Waals surface area (Å²) in [6.07, 6.45) is 0. The third-order valence-electron chi connectivity index (χ3n) is 2.91. The first-order valence-electron chi connectivity index (χ1n) is 6.32. The number of halogens is 1. The van der Waals surface area contributed by atoms with Crippen LogP contribution in [0.2, 0.25) is 0 Å². The topological polar surface area (TPSA) is 51.5 Å². The summed E-state index contributed by atoms with van der Waals surface area (Å²) in [7, 11) is 1.30. The Bertz CT molecular complexity index is 577. The molecule has 2 rings (SSSR count). The molecule has 1 aromatic carbocycles. The average molecular weight is 277 g/mol. The Morgan fingerprint density at radius 2 is 2.00 bits per heavy atom. The van der Waals surface area contributed by atoms with Gasteiger partial charge >= 0.3 is 5.97 Å². The number of furan rings is 1. The smallest absolute Gasteiger partial charge is 0.373 e. The van der Waals surface area contributed by atoms with Crippen LogP contribution < -0.4 is 5.32 Å². The number of nitrogens with one attached hydrogen (secondary N) is 1. The first kappa shape index (κ1) is 14.3. The van der Waals surface area contributed by atoms with Gasteiger partial charge in [0, 0.05) is 0 Å². The molecular weight excluding hydrogens is 261 g/mol. The van der Waals surface area contributed by atoms with Crippen LogP contribution in [0, 0.1) is 5.82 Å². The van der Waals surface area contributed by atoms with Crippen molar-refractivity contribution in [2.45, 2.75) is 13.0 Å². The minimum atomic E-state index is -0.523. The van der Waals surface area contributed by atoms with Crippen LogP contribution in [0.4, 0.5) is 4.39 Å². The van der Waals surface area contributed by atoms with Crippen LogP contribution in [0.15, 0.2) is 40.8 Å². The SMILES string of the molecule is CCNC(c1ccc(F)cc1)c1ccc(C(=O)OC)o1. The molecule has 0 bridgehead atoms. The van der Waals surface area contributed by atoms with Crippen molar-refractivity contribution in [2.75, 3.05) is 13.7 Å². The van der Waals surface area contributed by atoms with E-state index in [1.54, 1.807) is 24.3 Å². The summed E-state index contributed by atoms with van der Waals surface area (Å²) in [4.78, 5) is 11.4. The maximum absolute atomic E-state index is 13.0. The average Bonchev–Trinajstić information content (AvgIpc) is 2.94. The fourth-order valence-corrected chi connectivity index (χ4v) is 1.96. The van der Waals surface area contributed by atoms with Gasteiger partial charge in [0.25, 0.3) is 0 Å². The second-order valence-electron chi connectivity index (χ2n) is 4.24. The van der Waals surface area contributed by atoms with Crippen molar-refractivity contribution in [3.05, 3.63) is 59.3 Å². The van der Waals surface area contributed by atoms with Gasteiger partial charge < -0.3 is 14.5 Å². The summed E-state index contributed by atoms with van der Waals surface area (Å²) in [5.74, 6) is -0.0873. The second kappa shape index (κ2) is 6.34. The molecule has 20 heavy (non-hydrogen) atoms. The predicted octanol–water partition coefficient (Wildman–Crippen LogP) is 2.90. The largest absolute Gasteiger partial charge is 0.463 e. The van der Waals surface area contributed by atoms with Crippen LogP contribution in [0.1, 0.15) is 34.8 Å². The Kier molecular flexibility index (Phi) is 4.53. The van der Waals surface area contributed by atoms with E-state index in [4.69, 9.17) is 4.42 Å². The molecule has 0 aliphatic carbocycles. The van der Waals surface area contributed by atoms with E-state index in [9.17, 15) is 9.18 Å². The van der Waals surface area contributed by atoms with Gasteiger partial charge in [-0.3, -0.25) is 0 Å². The fourth-order valence-electron chi connectivity index (χ4n) is 1.96. The summed E-state index contributed by atoms with van der Waals surface area (Å²) in [6.45, 7) is 2.66. The highest BCUT2D eigenvalue weighted by Crippen LogP contribution is 2.24. The summed E-state index contributed by atoms with van der Waals surface area (Å²) < 4.78 is 23.1. The molecule has 1 heterocycles. The van der Waals surface area contributed by atoms with Gasteiger partial charge in [-0.2, -0.15) is 0 Å². The van der Waals surface area contributed by atoms with Gasteiger partial charge in [-0.05, 0) is 36.4 Å². The number of esters is 1. The Morgan fingerprint density at radius 3 is 2.60 bits per heavy atom. The highest BCUT2D eigenvalue weighted by atomic mass is 19.1. The second-order valence-corrected chi connectivity index (χ2v) is 4.24. The van der Waals surface area contributed by atoms with Crippen molar-refractivity contribution in [2.24, 2.45) is 0 Å². The zero-order chi connectivity index (χ0) is 14.5. The van der Waals surface area contributed by atoms with E-state index < -0.39 is 5.97 Å². The van der Waals surface area contributed by atoms with E-state index in [0.29, 0.717) is 12.3 Å². The van der Waals surface area contributed by atoms with Gasteiger partial charge in [-0.1, -0.05) is 19.1 Å². The quantitative estimate of drug-likeness (QED) is 0.854.